The number of allylic oxidation sites excluding steroid dienone is 1. The van der Waals surface area contributed by atoms with Crippen LogP contribution in [0.3, 0.4) is 0 Å². The fourth-order valence-corrected chi connectivity index (χ4v) is 1.87. The standard InChI is InChI=1S/C14H17N/c1-12(13-6-4-3-5-7-13)14-8-10-15(2)11-9-14/h3-8H,1,9-11H2,2H3. The van der Waals surface area contributed by atoms with Crippen LogP contribution >= 0.6 is 0 Å². The minimum absolute atomic E-state index is 1.04. The van der Waals surface area contributed by atoms with Crippen molar-refractivity contribution in [3.63, 3.8) is 0 Å². The molecule has 2 rings (SSSR count). The third kappa shape index (κ3) is 2.37. The van der Waals surface area contributed by atoms with Gasteiger partial charge in [0, 0.05) is 13.1 Å². The van der Waals surface area contributed by atoms with Gasteiger partial charge in [0.2, 0.25) is 0 Å². The first-order chi connectivity index (χ1) is 7.27. The lowest BCUT2D eigenvalue weighted by molar-refractivity contribution is 0.362. The van der Waals surface area contributed by atoms with Crippen LogP contribution in [0.4, 0.5) is 0 Å². The van der Waals surface area contributed by atoms with Gasteiger partial charge in [-0.15, -0.1) is 0 Å². The molecule has 1 aliphatic heterocycles. The summed E-state index contributed by atoms with van der Waals surface area (Å²) in [6.07, 6.45) is 3.41. The van der Waals surface area contributed by atoms with E-state index < -0.39 is 0 Å². The quantitative estimate of drug-likeness (QED) is 0.708. The van der Waals surface area contributed by atoms with Crippen LogP contribution in [-0.2, 0) is 0 Å². The van der Waals surface area contributed by atoms with Crippen molar-refractivity contribution in [2.75, 3.05) is 20.1 Å². The van der Waals surface area contributed by atoms with Gasteiger partial charge in [0.05, 0.1) is 0 Å². The Kier molecular flexibility index (Phi) is 3.02. The van der Waals surface area contributed by atoms with Crippen LogP contribution in [-0.4, -0.2) is 25.0 Å². The van der Waals surface area contributed by atoms with Crippen molar-refractivity contribution in [1.29, 1.82) is 0 Å². The Morgan fingerprint density at radius 2 is 2.00 bits per heavy atom. The van der Waals surface area contributed by atoms with E-state index >= 15 is 0 Å². The highest BCUT2D eigenvalue weighted by Crippen LogP contribution is 2.25. The summed E-state index contributed by atoms with van der Waals surface area (Å²) in [5, 5.41) is 0. The van der Waals surface area contributed by atoms with Gasteiger partial charge < -0.3 is 4.90 Å². The number of nitrogens with zero attached hydrogens (tertiary/aromatic N) is 1. The van der Waals surface area contributed by atoms with Crippen LogP contribution in [0.25, 0.3) is 5.57 Å². The van der Waals surface area contributed by atoms with E-state index in [0.717, 1.165) is 19.5 Å². The Bertz CT molecular complexity index is 376. The fourth-order valence-electron chi connectivity index (χ4n) is 1.87. The first kappa shape index (κ1) is 10.2. The van der Waals surface area contributed by atoms with E-state index in [1.165, 1.54) is 16.7 Å². The molecule has 0 spiro atoms. The lowest BCUT2D eigenvalue weighted by Gasteiger charge is -2.23. The van der Waals surface area contributed by atoms with Gasteiger partial charge in [-0.3, -0.25) is 0 Å². The van der Waals surface area contributed by atoms with Gasteiger partial charge in [0.25, 0.3) is 0 Å². The second-order valence-electron chi connectivity index (χ2n) is 4.09. The maximum atomic E-state index is 4.19. The molecule has 1 heteroatoms. The summed E-state index contributed by atoms with van der Waals surface area (Å²) in [5.41, 5.74) is 3.83. The summed E-state index contributed by atoms with van der Waals surface area (Å²) >= 11 is 0. The molecule has 0 fully saturated rings. The van der Waals surface area contributed by atoms with Crippen molar-refractivity contribution in [1.82, 2.24) is 4.90 Å². The smallest absolute Gasteiger partial charge is 0.0166 e. The van der Waals surface area contributed by atoms with Crippen molar-refractivity contribution in [2.45, 2.75) is 6.42 Å². The van der Waals surface area contributed by atoms with Crippen LogP contribution in [0.2, 0.25) is 0 Å². The summed E-state index contributed by atoms with van der Waals surface area (Å²) in [5.74, 6) is 0. The van der Waals surface area contributed by atoms with E-state index in [4.69, 9.17) is 0 Å². The van der Waals surface area contributed by atoms with E-state index in [9.17, 15) is 0 Å². The van der Waals surface area contributed by atoms with Gasteiger partial charge in [-0.2, -0.15) is 0 Å². The molecule has 1 aromatic carbocycles. The second kappa shape index (κ2) is 4.45. The molecule has 1 aromatic rings. The number of rotatable bonds is 2. The van der Waals surface area contributed by atoms with Crippen molar-refractivity contribution >= 4 is 5.57 Å². The maximum absolute atomic E-state index is 4.19. The molecular weight excluding hydrogens is 182 g/mol. The van der Waals surface area contributed by atoms with Crippen LogP contribution in [0.15, 0.2) is 48.6 Å². The van der Waals surface area contributed by atoms with Crippen LogP contribution in [0, 0.1) is 0 Å². The molecule has 0 unspecified atom stereocenters. The normalized spacial score (nSPS) is 17.3. The summed E-state index contributed by atoms with van der Waals surface area (Å²) in [6.45, 7) is 6.37. The van der Waals surface area contributed by atoms with E-state index in [1.54, 1.807) is 0 Å². The largest absolute Gasteiger partial charge is 0.302 e. The lowest BCUT2D eigenvalue weighted by atomic mass is 9.95. The highest BCUT2D eigenvalue weighted by molar-refractivity contribution is 5.77. The Morgan fingerprint density at radius 3 is 2.60 bits per heavy atom. The maximum Gasteiger partial charge on any atom is 0.0166 e. The van der Waals surface area contributed by atoms with Crippen LogP contribution in [0.5, 0.6) is 0 Å². The summed E-state index contributed by atoms with van der Waals surface area (Å²) in [7, 11) is 2.15. The zero-order valence-electron chi connectivity index (χ0n) is 9.24. The number of benzene rings is 1. The molecule has 1 aliphatic rings. The average molecular weight is 199 g/mol. The van der Waals surface area contributed by atoms with Gasteiger partial charge in [-0.1, -0.05) is 43.0 Å². The molecule has 0 atom stereocenters. The molecule has 0 aliphatic carbocycles. The zero-order valence-corrected chi connectivity index (χ0v) is 9.24. The van der Waals surface area contributed by atoms with Crippen molar-refractivity contribution in [3.05, 3.63) is 54.1 Å². The minimum atomic E-state index is 1.04. The molecule has 0 radical (unpaired) electrons. The Morgan fingerprint density at radius 1 is 1.27 bits per heavy atom. The lowest BCUT2D eigenvalue weighted by Crippen LogP contribution is -2.24. The molecule has 1 nitrogen and oxygen atoms in total. The van der Waals surface area contributed by atoms with Crippen molar-refractivity contribution in [3.8, 4) is 0 Å². The molecule has 0 aromatic heterocycles. The molecule has 0 amide bonds. The van der Waals surface area contributed by atoms with Gasteiger partial charge >= 0.3 is 0 Å². The Hall–Kier alpha value is -1.34. The highest BCUT2D eigenvalue weighted by Gasteiger charge is 2.10. The molecule has 15 heavy (non-hydrogen) atoms. The van der Waals surface area contributed by atoms with E-state index in [-0.39, 0.29) is 0 Å². The predicted molar refractivity (Wildman–Crippen MR) is 65.7 cm³/mol. The second-order valence-corrected chi connectivity index (χ2v) is 4.09. The first-order valence-corrected chi connectivity index (χ1v) is 5.39. The van der Waals surface area contributed by atoms with Crippen LogP contribution in [0.1, 0.15) is 12.0 Å². The molecule has 0 saturated heterocycles. The van der Waals surface area contributed by atoms with Gasteiger partial charge in [-0.25, -0.2) is 0 Å². The number of hydrogen-bond donors (Lipinski definition) is 0. The number of likely N-dealkylation sites (N-methyl/N-ethyl adjacent to an activating group) is 1. The third-order valence-corrected chi connectivity index (χ3v) is 2.92. The Balaban J connectivity index is 2.16. The molecular formula is C14H17N. The van der Waals surface area contributed by atoms with E-state index in [1.807, 2.05) is 6.07 Å². The minimum Gasteiger partial charge on any atom is -0.302 e. The molecule has 78 valence electrons. The van der Waals surface area contributed by atoms with Crippen LogP contribution < -0.4 is 0 Å². The highest BCUT2D eigenvalue weighted by atomic mass is 15.1. The molecule has 0 bridgehead atoms. The molecule has 0 saturated carbocycles. The SMILES string of the molecule is C=C(C1=CCN(C)CC1)c1ccccc1. The zero-order chi connectivity index (χ0) is 10.7. The average Bonchev–Trinajstić information content (AvgIpc) is 2.30. The van der Waals surface area contributed by atoms with E-state index in [0.29, 0.717) is 0 Å². The van der Waals surface area contributed by atoms with Crippen molar-refractivity contribution < 1.29 is 0 Å². The topological polar surface area (TPSA) is 3.24 Å². The van der Waals surface area contributed by atoms with Gasteiger partial charge in [-0.05, 0) is 30.2 Å². The molecule has 1 heterocycles. The number of hydrogen-bond acceptors (Lipinski definition) is 1. The van der Waals surface area contributed by atoms with Gasteiger partial charge in [0.1, 0.15) is 0 Å². The first-order valence-electron chi connectivity index (χ1n) is 5.39. The molecule has 0 N–H and O–H groups in total. The van der Waals surface area contributed by atoms with Crippen molar-refractivity contribution in [2.24, 2.45) is 0 Å². The summed E-state index contributed by atoms with van der Waals surface area (Å²) in [4.78, 5) is 2.32. The monoisotopic (exact) mass is 199 g/mol. The predicted octanol–water partition coefficient (Wildman–Crippen LogP) is 2.96. The fraction of sp³-hybridized carbons (Fsp3) is 0.286. The summed E-state index contributed by atoms with van der Waals surface area (Å²) < 4.78 is 0. The Labute approximate surface area is 91.7 Å². The van der Waals surface area contributed by atoms with Gasteiger partial charge in [0.15, 0.2) is 0 Å². The summed E-state index contributed by atoms with van der Waals surface area (Å²) in [6, 6.07) is 10.4. The third-order valence-electron chi connectivity index (χ3n) is 2.92. The van der Waals surface area contributed by atoms with E-state index in [2.05, 4.69) is 48.9 Å².